The summed E-state index contributed by atoms with van der Waals surface area (Å²) < 4.78 is 0. The molecule has 0 unspecified atom stereocenters. The van der Waals surface area contributed by atoms with Gasteiger partial charge < -0.3 is 0 Å². The summed E-state index contributed by atoms with van der Waals surface area (Å²) in [4.78, 5) is 0. The third kappa shape index (κ3) is 5.61. The molecule has 0 aromatic heterocycles. The van der Waals surface area contributed by atoms with Crippen LogP contribution in [0.25, 0.3) is 0 Å². The van der Waals surface area contributed by atoms with Gasteiger partial charge in [-0.3, -0.25) is 0 Å². The molecular weight excluding hydrogens is 120 g/mol. The average Bonchev–Trinajstić information content (AvgIpc) is 1.89. The van der Waals surface area contributed by atoms with Gasteiger partial charge in [0, 0.05) is 0 Å². The zero-order chi connectivity index (χ0) is 7.82. The Morgan fingerprint density at radius 1 is 1.30 bits per heavy atom. The van der Waals surface area contributed by atoms with Crippen molar-refractivity contribution in [3.63, 3.8) is 0 Å². The van der Waals surface area contributed by atoms with Crippen molar-refractivity contribution in [1.82, 2.24) is 0 Å². The molecule has 0 saturated carbocycles. The van der Waals surface area contributed by atoms with Crippen molar-refractivity contribution in [2.75, 3.05) is 0 Å². The fourth-order valence-electron chi connectivity index (χ4n) is 0.826. The summed E-state index contributed by atoms with van der Waals surface area (Å²) in [6.07, 6.45) is 10.3. The number of allylic oxidation sites excluding steroid dienone is 4. The summed E-state index contributed by atoms with van der Waals surface area (Å²) in [6.45, 7) is 6.51. The molecule has 10 heavy (non-hydrogen) atoms. The highest BCUT2D eigenvalue weighted by molar-refractivity contribution is 5.15. The summed E-state index contributed by atoms with van der Waals surface area (Å²) in [5.41, 5.74) is 1.39. The number of rotatable bonds is 4. The molecule has 0 heteroatoms. The minimum Gasteiger partial charge on any atom is -0.0843 e. The summed E-state index contributed by atoms with van der Waals surface area (Å²) in [6, 6.07) is 0. The van der Waals surface area contributed by atoms with Crippen molar-refractivity contribution in [3.8, 4) is 0 Å². The molecule has 0 N–H and O–H groups in total. The van der Waals surface area contributed by atoms with E-state index in [4.69, 9.17) is 0 Å². The molecule has 0 bridgehead atoms. The fourth-order valence-corrected chi connectivity index (χ4v) is 0.826. The van der Waals surface area contributed by atoms with Crippen molar-refractivity contribution in [2.24, 2.45) is 0 Å². The van der Waals surface area contributed by atoms with Crippen LogP contribution in [0, 0.1) is 0 Å². The Labute approximate surface area is 64.6 Å². The van der Waals surface area contributed by atoms with Crippen LogP contribution >= 0.6 is 0 Å². The van der Waals surface area contributed by atoms with Crippen molar-refractivity contribution in [2.45, 2.75) is 40.0 Å². The van der Waals surface area contributed by atoms with Gasteiger partial charge in [0.1, 0.15) is 0 Å². The van der Waals surface area contributed by atoms with Crippen molar-refractivity contribution in [3.05, 3.63) is 23.8 Å². The van der Waals surface area contributed by atoms with Crippen molar-refractivity contribution in [1.29, 1.82) is 0 Å². The third-order valence-electron chi connectivity index (χ3n) is 1.36. The van der Waals surface area contributed by atoms with E-state index in [1.54, 1.807) is 0 Å². The van der Waals surface area contributed by atoms with Gasteiger partial charge in [0.05, 0.1) is 0 Å². The van der Waals surface area contributed by atoms with Gasteiger partial charge in [0.2, 0.25) is 0 Å². The maximum absolute atomic E-state index is 2.24. The van der Waals surface area contributed by atoms with Crippen LogP contribution in [0.1, 0.15) is 40.0 Å². The minimum atomic E-state index is 1.14. The van der Waals surface area contributed by atoms with Gasteiger partial charge in [-0.15, -0.1) is 0 Å². The molecule has 0 atom stereocenters. The molecule has 0 aliphatic rings. The van der Waals surface area contributed by atoms with E-state index in [1.165, 1.54) is 18.4 Å². The molecule has 0 amide bonds. The topological polar surface area (TPSA) is 0 Å². The van der Waals surface area contributed by atoms with Crippen molar-refractivity contribution < 1.29 is 0 Å². The Morgan fingerprint density at radius 2 is 2.00 bits per heavy atom. The highest BCUT2D eigenvalue weighted by atomic mass is 13.8. The van der Waals surface area contributed by atoms with E-state index < -0.39 is 0 Å². The Kier molecular flexibility index (Phi) is 6.25. The predicted molar refractivity (Wildman–Crippen MR) is 48.1 cm³/mol. The average molecular weight is 138 g/mol. The Morgan fingerprint density at radius 3 is 2.50 bits per heavy atom. The number of unbranched alkanes of at least 4 members (excludes halogenated alkanes) is 1. The molecule has 0 fully saturated rings. The first-order valence-corrected chi connectivity index (χ1v) is 4.14. The Bertz CT molecular complexity index is 118. The normalized spacial score (nSPS) is 12.9. The van der Waals surface area contributed by atoms with Gasteiger partial charge in [0.15, 0.2) is 0 Å². The van der Waals surface area contributed by atoms with Crippen LogP contribution in [-0.4, -0.2) is 0 Å². The molecule has 0 saturated heterocycles. The summed E-state index contributed by atoms with van der Waals surface area (Å²) in [7, 11) is 0. The molecule has 58 valence electrons. The van der Waals surface area contributed by atoms with E-state index in [1.807, 2.05) is 0 Å². The van der Waals surface area contributed by atoms with Crippen LogP contribution in [-0.2, 0) is 0 Å². The zero-order valence-corrected chi connectivity index (χ0v) is 7.35. The maximum atomic E-state index is 2.24. The van der Waals surface area contributed by atoms with Gasteiger partial charge in [-0.25, -0.2) is 0 Å². The highest BCUT2D eigenvalue weighted by Gasteiger charge is 1.77. The van der Waals surface area contributed by atoms with Gasteiger partial charge in [0.25, 0.3) is 0 Å². The lowest BCUT2D eigenvalue weighted by molar-refractivity contribution is 0.957. The number of hydrogen-bond donors (Lipinski definition) is 0. The van der Waals surface area contributed by atoms with Crippen LogP contribution < -0.4 is 0 Å². The lowest BCUT2D eigenvalue weighted by Gasteiger charge is -1.88. The van der Waals surface area contributed by atoms with Crippen LogP contribution in [0.3, 0.4) is 0 Å². The molecule has 0 heterocycles. The van der Waals surface area contributed by atoms with Gasteiger partial charge >= 0.3 is 0 Å². The largest absolute Gasteiger partial charge is 0.0843 e. The molecule has 0 spiro atoms. The van der Waals surface area contributed by atoms with Crippen LogP contribution in [0.15, 0.2) is 23.8 Å². The maximum Gasteiger partial charge on any atom is -0.0350 e. The van der Waals surface area contributed by atoms with E-state index in [-0.39, 0.29) is 0 Å². The summed E-state index contributed by atoms with van der Waals surface area (Å²) in [5.74, 6) is 0. The van der Waals surface area contributed by atoms with E-state index in [9.17, 15) is 0 Å². The molecular formula is C10H18. The predicted octanol–water partition coefficient (Wildman–Crippen LogP) is 3.70. The molecule has 0 aromatic rings. The van der Waals surface area contributed by atoms with Crippen LogP contribution in [0.2, 0.25) is 0 Å². The summed E-state index contributed by atoms with van der Waals surface area (Å²) in [5, 5.41) is 0. The summed E-state index contributed by atoms with van der Waals surface area (Å²) >= 11 is 0. The molecule has 0 rings (SSSR count). The molecule has 0 radical (unpaired) electrons. The molecule has 0 aliphatic heterocycles. The fraction of sp³-hybridized carbons (Fsp3) is 0.600. The standard InChI is InChI=1S/C10H18/c1-4-6-7-9-10(3)8-5-2/h7-9H,4-6H2,1-3H3/b9-7-,10-8-. The third-order valence-corrected chi connectivity index (χ3v) is 1.36. The molecule has 0 aromatic carbocycles. The second kappa shape index (κ2) is 6.60. The van der Waals surface area contributed by atoms with E-state index in [0.29, 0.717) is 0 Å². The Hall–Kier alpha value is -0.520. The SMILES string of the molecule is CC/C=C(C)\C=C/CCC. The van der Waals surface area contributed by atoms with Gasteiger partial charge in [-0.2, -0.15) is 0 Å². The highest BCUT2D eigenvalue weighted by Crippen LogP contribution is 1.98. The second-order valence-corrected chi connectivity index (χ2v) is 2.55. The smallest absolute Gasteiger partial charge is 0.0350 e. The Balaban J connectivity index is 3.55. The van der Waals surface area contributed by atoms with Gasteiger partial charge in [-0.1, -0.05) is 44.1 Å². The second-order valence-electron chi connectivity index (χ2n) is 2.55. The monoisotopic (exact) mass is 138 g/mol. The van der Waals surface area contributed by atoms with E-state index >= 15 is 0 Å². The number of hydrogen-bond acceptors (Lipinski definition) is 0. The first kappa shape index (κ1) is 9.48. The van der Waals surface area contributed by atoms with Crippen molar-refractivity contribution >= 4 is 0 Å². The zero-order valence-electron chi connectivity index (χ0n) is 7.35. The van der Waals surface area contributed by atoms with Crippen LogP contribution in [0.5, 0.6) is 0 Å². The van der Waals surface area contributed by atoms with Gasteiger partial charge in [-0.05, 0) is 19.8 Å². The first-order valence-electron chi connectivity index (χ1n) is 4.14. The van der Waals surface area contributed by atoms with Crippen LogP contribution in [0.4, 0.5) is 0 Å². The van der Waals surface area contributed by atoms with E-state index in [2.05, 4.69) is 39.0 Å². The lowest BCUT2D eigenvalue weighted by Crippen LogP contribution is -1.67. The van der Waals surface area contributed by atoms with E-state index in [0.717, 1.165) is 6.42 Å². The lowest BCUT2D eigenvalue weighted by atomic mass is 10.2. The molecule has 0 aliphatic carbocycles. The first-order chi connectivity index (χ1) is 4.81. The minimum absolute atomic E-state index is 1.14. The quantitative estimate of drug-likeness (QED) is 0.520. The molecule has 0 nitrogen and oxygen atoms in total.